The number of pyridine rings is 1. The first-order valence-electron chi connectivity index (χ1n) is 8.40. The topological polar surface area (TPSA) is 150 Å². The Hall–Kier alpha value is -3.69. The van der Waals surface area contributed by atoms with Gasteiger partial charge in [0.2, 0.25) is 11.7 Å². The van der Waals surface area contributed by atoms with Crippen molar-refractivity contribution in [1.29, 1.82) is 0 Å². The molecule has 0 unspecified atom stereocenters. The van der Waals surface area contributed by atoms with Crippen molar-refractivity contribution < 1.29 is 33.6 Å². The minimum Gasteiger partial charge on any atom is -0.506 e. The van der Waals surface area contributed by atoms with Crippen molar-refractivity contribution in [3.8, 4) is 23.0 Å². The fourth-order valence-corrected chi connectivity index (χ4v) is 3.02. The van der Waals surface area contributed by atoms with E-state index in [2.05, 4.69) is 9.72 Å². The number of rotatable bonds is 8. The van der Waals surface area contributed by atoms with Crippen LogP contribution in [0.4, 0.5) is 0 Å². The SMILES string of the molecule is COC(=O)c1c[nH]c(=O)c([C@@H](CC(N)=O)c2cc(OC)c(OC)c(OC)c2)c1O. The zero-order chi connectivity index (χ0) is 21.7. The van der Waals surface area contributed by atoms with E-state index in [9.17, 15) is 19.5 Å². The highest BCUT2D eigenvalue weighted by Crippen LogP contribution is 2.43. The Morgan fingerprint density at radius 2 is 1.69 bits per heavy atom. The summed E-state index contributed by atoms with van der Waals surface area (Å²) in [6.45, 7) is 0. The van der Waals surface area contributed by atoms with E-state index < -0.39 is 29.1 Å². The molecule has 2 rings (SSSR count). The Morgan fingerprint density at radius 1 is 1.10 bits per heavy atom. The molecule has 4 N–H and O–H groups in total. The van der Waals surface area contributed by atoms with E-state index in [4.69, 9.17) is 19.9 Å². The largest absolute Gasteiger partial charge is 0.506 e. The molecule has 2 aromatic rings. The summed E-state index contributed by atoms with van der Waals surface area (Å²) in [4.78, 5) is 38.5. The fraction of sp³-hybridized carbons (Fsp3) is 0.316. The van der Waals surface area contributed by atoms with Gasteiger partial charge in [0.1, 0.15) is 11.3 Å². The number of nitrogens with two attached hydrogens (primary N) is 1. The Morgan fingerprint density at radius 3 is 2.14 bits per heavy atom. The second kappa shape index (κ2) is 9.00. The summed E-state index contributed by atoms with van der Waals surface area (Å²) < 4.78 is 20.5. The molecule has 0 saturated heterocycles. The number of esters is 1. The zero-order valence-corrected chi connectivity index (χ0v) is 16.4. The number of nitrogens with one attached hydrogen (secondary N) is 1. The molecule has 0 saturated carbocycles. The van der Waals surface area contributed by atoms with Crippen LogP contribution in [0.3, 0.4) is 0 Å². The Labute approximate surface area is 166 Å². The van der Waals surface area contributed by atoms with Gasteiger partial charge in [-0.25, -0.2) is 4.79 Å². The van der Waals surface area contributed by atoms with Crippen LogP contribution in [0.2, 0.25) is 0 Å². The van der Waals surface area contributed by atoms with Crippen LogP contribution in [0.1, 0.15) is 33.8 Å². The molecule has 156 valence electrons. The molecule has 1 atom stereocenters. The molecular weight excluding hydrogens is 384 g/mol. The van der Waals surface area contributed by atoms with Crippen LogP contribution in [0.5, 0.6) is 23.0 Å². The number of benzene rings is 1. The van der Waals surface area contributed by atoms with Gasteiger partial charge in [0.15, 0.2) is 11.5 Å². The maximum Gasteiger partial charge on any atom is 0.343 e. The number of aromatic hydroxyl groups is 1. The van der Waals surface area contributed by atoms with Crippen molar-refractivity contribution in [2.75, 3.05) is 28.4 Å². The van der Waals surface area contributed by atoms with E-state index in [1.807, 2.05) is 0 Å². The Bertz CT molecular complexity index is 958. The van der Waals surface area contributed by atoms with Crippen molar-refractivity contribution in [2.45, 2.75) is 12.3 Å². The van der Waals surface area contributed by atoms with Crippen LogP contribution < -0.4 is 25.5 Å². The molecule has 0 aliphatic heterocycles. The smallest absolute Gasteiger partial charge is 0.343 e. The molecule has 0 aliphatic carbocycles. The lowest BCUT2D eigenvalue weighted by Crippen LogP contribution is -2.24. The zero-order valence-electron chi connectivity index (χ0n) is 16.4. The van der Waals surface area contributed by atoms with Crippen LogP contribution in [0.15, 0.2) is 23.1 Å². The Balaban J connectivity index is 2.79. The number of aromatic amines is 1. The molecule has 10 heteroatoms. The lowest BCUT2D eigenvalue weighted by Gasteiger charge is -2.21. The second-order valence-electron chi connectivity index (χ2n) is 5.97. The minimum absolute atomic E-state index is 0.221. The fourth-order valence-electron chi connectivity index (χ4n) is 3.02. The molecule has 0 fully saturated rings. The summed E-state index contributed by atoms with van der Waals surface area (Å²) in [5.41, 5.74) is 4.57. The lowest BCUT2D eigenvalue weighted by molar-refractivity contribution is -0.118. The molecule has 0 spiro atoms. The molecule has 1 amide bonds. The normalized spacial score (nSPS) is 11.4. The number of H-pyrrole nitrogens is 1. The van der Waals surface area contributed by atoms with Gasteiger partial charge >= 0.3 is 5.97 Å². The summed E-state index contributed by atoms with van der Waals surface area (Å²) >= 11 is 0. The third-order valence-electron chi connectivity index (χ3n) is 4.35. The number of amides is 1. The molecule has 10 nitrogen and oxygen atoms in total. The number of carbonyl (C=O) groups excluding carboxylic acids is 2. The van der Waals surface area contributed by atoms with Crippen LogP contribution in [-0.4, -0.2) is 50.4 Å². The number of carbonyl (C=O) groups is 2. The first kappa shape index (κ1) is 21.6. The van der Waals surface area contributed by atoms with Gasteiger partial charge in [-0.05, 0) is 17.7 Å². The lowest BCUT2D eigenvalue weighted by atomic mass is 9.87. The van der Waals surface area contributed by atoms with Gasteiger partial charge < -0.3 is 34.8 Å². The number of primary amides is 1. The van der Waals surface area contributed by atoms with Gasteiger partial charge in [-0.2, -0.15) is 0 Å². The van der Waals surface area contributed by atoms with Gasteiger partial charge in [-0.3, -0.25) is 9.59 Å². The molecule has 1 aromatic carbocycles. The molecular formula is C19H22N2O8. The summed E-state index contributed by atoms with van der Waals surface area (Å²) in [6.07, 6.45) is 0.698. The highest BCUT2D eigenvalue weighted by atomic mass is 16.5. The third kappa shape index (κ3) is 4.26. The number of hydrogen-bond acceptors (Lipinski definition) is 8. The Kier molecular flexibility index (Phi) is 6.71. The molecule has 1 heterocycles. The third-order valence-corrected chi connectivity index (χ3v) is 4.35. The van der Waals surface area contributed by atoms with Crippen molar-refractivity contribution in [3.63, 3.8) is 0 Å². The predicted molar refractivity (Wildman–Crippen MR) is 102 cm³/mol. The monoisotopic (exact) mass is 406 g/mol. The molecule has 1 aromatic heterocycles. The molecule has 0 bridgehead atoms. The second-order valence-corrected chi connectivity index (χ2v) is 5.97. The highest BCUT2D eigenvalue weighted by Gasteiger charge is 2.29. The maximum atomic E-state index is 12.5. The average molecular weight is 406 g/mol. The average Bonchev–Trinajstić information content (AvgIpc) is 2.71. The minimum atomic E-state index is -1.01. The maximum absolute atomic E-state index is 12.5. The molecule has 0 radical (unpaired) electrons. The van der Waals surface area contributed by atoms with Crippen molar-refractivity contribution in [1.82, 2.24) is 4.98 Å². The first-order valence-corrected chi connectivity index (χ1v) is 8.40. The van der Waals surface area contributed by atoms with E-state index in [1.54, 1.807) is 0 Å². The predicted octanol–water partition coefficient (Wildman–Crippen LogP) is 0.900. The van der Waals surface area contributed by atoms with Gasteiger partial charge in [0, 0.05) is 18.5 Å². The number of hydrogen-bond donors (Lipinski definition) is 3. The number of ether oxygens (including phenoxy) is 4. The van der Waals surface area contributed by atoms with E-state index in [0.29, 0.717) is 11.3 Å². The molecule has 29 heavy (non-hydrogen) atoms. The summed E-state index contributed by atoms with van der Waals surface area (Å²) in [5.74, 6) is -2.35. The van der Waals surface area contributed by atoms with Crippen LogP contribution in [0.25, 0.3) is 0 Å². The summed E-state index contributed by atoms with van der Waals surface area (Å²) in [7, 11) is 5.38. The summed E-state index contributed by atoms with van der Waals surface area (Å²) in [5, 5.41) is 10.6. The van der Waals surface area contributed by atoms with Gasteiger partial charge in [0.05, 0.1) is 34.0 Å². The number of aromatic nitrogens is 1. The highest BCUT2D eigenvalue weighted by molar-refractivity contribution is 5.92. The quantitative estimate of drug-likeness (QED) is 0.547. The van der Waals surface area contributed by atoms with Crippen LogP contribution in [-0.2, 0) is 9.53 Å². The van der Waals surface area contributed by atoms with Crippen molar-refractivity contribution in [2.24, 2.45) is 5.73 Å². The standard InChI is InChI=1S/C19H22N2O8/c1-26-12-5-9(6-13(27-2)17(12)28-3)10(7-14(20)22)15-16(23)11(19(25)29-4)8-21-18(15)24/h5-6,8,10H,7H2,1-4H3,(H2,20,22)(H2,21,23,24)/t10-/m0/s1. The first-order chi connectivity index (χ1) is 13.8. The van der Waals surface area contributed by atoms with E-state index in [1.165, 1.54) is 33.5 Å². The molecule has 0 aliphatic rings. The van der Waals surface area contributed by atoms with Crippen LogP contribution in [0, 0.1) is 0 Å². The van der Waals surface area contributed by atoms with Crippen LogP contribution >= 0.6 is 0 Å². The van der Waals surface area contributed by atoms with E-state index in [0.717, 1.165) is 13.3 Å². The van der Waals surface area contributed by atoms with E-state index in [-0.39, 0.29) is 29.0 Å². The van der Waals surface area contributed by atoms with Gasteiger partial charge in [-0.1, -0.05) is 0 Å². The number of methoxy groups -OCH3 is 4. The van der Waals surface area contributed by atoms with E-state index >= 15 is 0 Å². The van der Waals surface area contributed by atoms with Crippen molar-refractivity contribution in [3.05, 3.63) is 45.4 Å². The summed E-state index contributed by atoms with van der Waals surface area (Å²) in [6, 6.07) is 3.05. The van der Waals surface area contributed by atoms with Crippen molar-refractivity contribution >= 4 is 11.9 Å². The van der Waals surface area contributed by atoms with Gasteiger partial charge in [0.25, 0.3) is 5.56 Å². The van der Waals surface area contributed by atoms with Gasteiger partial charge in [-0.15, -0.1) is 0 Å².